The number of benzene rings is 1. The lowest BCUT2D eigenvalue weighted by Gasteiger charge is -2.19. The highest BCUT2D eigenvalue weighted by molar-refractivity contribution is 9.10. The number of anilines is 1. The largest absolute Gasteiger partial charge is 0.309 e. The van der Waals surface area contributed by atoms with Gasteiger partial charge in [0, 0.05) is 11.0 Å². The molecule has 0 saturated carbocycles. The van der Waals surface area contributed by atoms with Crippen molar-refractivity contribution in [1.82, 2.24) is 4.90 Å². The number of hydrogen-bond acceptors (Lipinski definition) is 3. The van der Waals surface area contributed by atoms with Gasteiger partial charge in [0.05, 0.1) is 11.3 Å². The van der Waals surface area contributed by atoms with E-state index in [9.17, 15) is 14.0 Å². The Hall–Kier alpha value is -1.27. The van der Waals surface area contributed by atoms with Gasteiger partial charge < -0.3 is 9.80 Å². The number of Topliss-reactive ketones (excluding diaryl/α,β-unsaturated/α-hetero) is 1. The van der Waals surface area contributed by atoms with Gasteiger partial charge in [0.1, 0.15) is 5.82 Å². The summed E-state index contributed by atoms with van der Waals surface area (Å²) in [5, 5.41) is 0. The first-order valence-electron chi connectivity index (χ1n) is 5.92. The molecule has 0 aromatic heterocycles. The average molecular weight is 329 g/mol. The quantitative estimate of drug-likeness (QED) is 0.794. The fourth-order valence-corrected chi connectivity index (χ4v) is 2.76. The fourth-order valence-electron chi connectivity index (χ4n) is 2.11. The summed E-state index contributed by atoms with van der Waals surface area (Å²) in [5.41, 5.74) is 0.622. The van der Waals surface area contributed by atoms with Crippen LogP contribution in [0.15, 0.2) is 16.6 Å². The van der Waals surface area contributed by atoms with Crippen molar-refractivity contribution >= 4 is 33.3 Å². The van der Waals surface area contributed by atoms with Gasteiger partial charge in [0.2, 0.25) is 0 Å². The highest BCUT2D eigenvalue weighted by Gasteiger charge is 2.37. The van der Waals surface area contributed by atoms with Gasteiger partial charge in [-0.1, -0.05) is 0 Å². The second-order valence-corrected chi connectivity index (χ2v) is 5.58. The molecule has 0 aliphatic carbocycles. The van der Waals surface area contributed by atoms with Gasteiger partial charge in [-0.15, -0.1) is 0 Å². The van der Waals surface area contributed by atoms with Gasteiger partial charge in [0.15, 0.2) is 0 Å². The van der Waals surface area contributed by atoms with Crippen LogP contribution < -0.4 is 4.90 Å². The number of ketones is 1. The predicted octanol–water partition coefficient (Wildman–Crippen LogP) is 2.07. The van der Waals surface area contributed by atoms with Gasteiger partial charge in [-0.05, 0) is 55.1 Å². The summed E-state index contributed by atoms with van der Waals surface area (Å²) >= 11 is 3.22. The fraction of sp³-hybridized carbons (Fsp3) is 0.385. The van der Waals surface area contributed by atoms with Crippen LogP contribution >= 0.6 is 15.9 Å². The van der Waals surface area contributed by atoms with Crippen molar-refractivity contribution in [3.63, 3.8) is 0 Å². The second kappa shape index (κ2) is 5.38. The summed E-state index contributed by atoms with van der Waals surface area (Å²) in [6.45, 7) is 1.26. The maximum atomic E-state index is 13.3. The Labute approximate surface area is 119 Å². The van der Waals surface area contributed by atoms with Crippen molar-refractivity contribution in [2.24, 2.45) is 0 Å². The molecule has 0 spiro atoms. The van der Waals surface area contributed by atoms with E-state index in [1.807, 2.05) is 19.0 Å². The van der Waals surface area contributed by atoms with Crippen LogP contribution in [0, 0.1) is 5.82 Å². The molecule has 19 heavy (non-hydrogen) atoms. The zero-order valence-electron chi connectivity index (χ0n) is 10.7. The Balaban J connectivity index is 2.28. The van der Waals surface area contributed by atoms with Gasteiger partial charge in [-0.3, -0.25) is 9.59 Å². The monoisotopic (exact) mass is 328 g/mol. The lowest BCUT2D eigenvalue weighted by atomic mass is 10.1. The van der Waals surface area contributed by atoms with Crippen LogP contribution in [0.25, 0.3) is 0 Å². The number of fused-ring (bicyclic) bond motifs is 1. The molecule has 0 unspecified atom stereocenters. The van der Waals surface area contributed by atoms with Crippen molar-refractivity contribution in [3.05, 3.63) is 28.0 Å². The first-order valence-corrected chi connectivity index (χ1v) is 6.71. The zero-order valence-corrected chi connectivity index (χ0v) is 12.3. The van der Waals surface area contributed by atoms with Crippen molar-refractivity contribution in [2.75, 3.05) is 32.1 Å². The van der Waals surface area contributed by atoms with E-state index in [1.165, 1.54) is 11.0 Å². The van der Waals surface area contributed by atoms with Gasteiger partial charge in [-0.2, -0.15) is 0 Å². The van der Waals surface area contributed by atoms with E-state index in [0.717, 1.165) is 19.0 Å². The first kappa shape index (κ1) is 14.1. The van der Waals surface area contributed by atoms with E-state index in [0.29, 0.717) is 16.7 Å². The van der Waals surface area contributed by atoms with Crippen LogP contribution in [0.5, 0.6) is 0 Å². The lowest BCUT2D eigenvalue weighted by molar-refractivity contribution is -0.114. The number of carbonyl (C=O) groups is 2. The van der Waals surface area contributed by atoms with Gasteiger partial charge >= 0.3 is 0 Å². The number of carbonyl (C=O) groups excluding carboxylic acids is 2. The standard InChI is InChI=1S/C13H14BrFN2O2/c1-16(2)4-3-5-17-11-9(12(18)13(17)19)6-8(15)7-10(11)14/h6-7H,3-5H2,1-2H3. The molecule has 0 fully saturated rings. The molecule has 6 heteroatoms. The Kier molecular flexibility index (Phi) is 4.01. The third-order valence-corrected chi connectivity index (χ3v) is 3.57. The van der Waals surface area contributed by atoms with Crippen LogP contribution in [0.2, 0.25) is 0 Å². The summed E-state index contributed by atoms with van der Waals surface area (Å²) in [4.78, 5) is 27.2. The van der Waals surface area contributed by atoms with Crippen LogP contribution in [0.1, 0.15) is 16.8 Å². The van der Waals surface area contributed by atoms with Crippen molar-refractivity contribution in [1.29, 1.82) is 0 Å². The molecule has 0 saturated heterocycles. The normalized spacial score (nSPS) is 14.5. The van der Waals surface area contributed by atoms with Crippen LogP contribution in [-0.4, -0.2) is 43.8 Å². The number of halogens is 2. The summed E-state index contributed by atoms with van der Waals surface area (Å²) < 4.78 is 13.7. The molecule has 4 nitrogen and oxygen atoms in total. The SMILES string of the molecule is CN(C)CCCN1C(=O)C(=O)c2cc(F)cc(Br)c21. The third kappa shape index (κ3) is 2.69. The summed E-state index contributed by atoms with van der Waals surface area (Å²) in [5.74, 6) is -1.75. The molecule has 1 aromatic carbocycles. The Morgan fingerprint density at radius 3 is 2.63 bits per heavy atom. The van der Waals surface area contributed by atoms with E-state index in [4.69, 9.17) is 0 Å². The van der Waals surface area contributed by atoms with Crippen molar-refractivity contribution in [3.8, 4) is 0 Å². The summed E-state index contributed by atoms with van der Waals surface area (Å²) in [7, 11) is 3.88. The van der Waals surface area contributed by atoms with Gasteiger partial charge in [0.25, 0.3) is 11.7 Å². The van der Waals surface area contributed by atoms with Crippen LogP contribution in [-0.2, 0) is 4.79 Å². The predicted molar refractivity (Wildman–Crippen MR) is 74.0 cm³/mol. The molecule has 0 radical (unpaired) electrons. The van der Waals surface area contributed by atoms with Gasteiger partial charge in [-0.25, -0.2) is 4.39 Å². The van der Waals surface area contributed by atoms with Crippen molar-refractivity contribution in [2.45, 2.75) is 6.42 Å². The number of hydrogen-bond donors (Lipinski definition) is 0. The highest BCUT2D eigenvalue weighted by Crippen LogP contribution is 2.36. The Bertz CT molecular complexity index is 546. The minimum atomic E-state index is -0.639. The molecule has 1 aliphatic rings. The number of nitrogens with zero attached hydrogens (tertiary/aromatic N) is 2. The Morgan fingerprint density at radius 1 is 1.32 bits per heavy atom. The maximum absolute atomic E-state index is 13.3. The molecule has 1 amide bonds. The molecule has 1 aliphatic heterocycles. The summed E-state index contributed by atoms with van der Waals surface area (Å²) in [6, 6.07) is 2.38. The molecule has 1 aromatic rings. The van der Waals surface area contributed by atoms with Crippen LogP contribution in [0.3, 0.4) is 0 Å². The zero-order chi connectivity index (χ0) is 14.2. The van der Waals surface area contributed by atoms with E-state index in [1.54, 1.807) is 0 Å². The highest BCUT2D eigenvalue weighted by atomic mass is 79.9. The lowest BCUT2D eigenvalue weighted by Crippen LogP contribution is -2.32. The van der Waals surface area contributed by atoms with E-state index in [2.05, 4.69) is 15.9 Å². The number of rotatable bonds is 4. The Morgan fingerprint density at radius 2 is 2.00 bits per heavy atom. The molecule has 0 bridgehead atoms. The van der Waals surface area contributed by atoms with E-state index in [-0.39, 0.29) is 5.56 Å². The number of amides is 1. The smallest absolute Gasteiger partial charge is 0.299 e. The average Bonchev–Trinajstić information content (AvgIpc) is 2.54. The minimum absolute atomic E-state index is 0.140. The first-order chi connectivity index (χ1) is 8.91. The van der Waals surface area contributed by atoms with Crippen molar-refractivity contribution < 1.29 is 14.0 Å². The molecule has 0 atom stereocenters. The molecular weight excluding hydrogens is 315 g/mol. The minimum Gasteiger partial charge on any atom is -0.309 e. The molecular formula is C13H14BrFN2O2. The molecule has 1 heterocycles. The second-order valence-electron chi connectivity index (χ2n) is 4.73. The molecule has 102 valence electrons. The van der Waals surface area contributed by atoms with E-state index >= 15 is 0 Å². The molecule has 0 N–H and O–H groups in total. The van der Waals surface area contributed by atoms with Crippen LogP contribution in [0.4, 0.5) is 10.1 Å². The topological polar surface area (TPSA) is 40.6 Å². The maximum Gasteiger partial charge on any atom is 0.299 e. The summed E-state index contributed by atoms with van der Waals surface area (Å²) in [6.07, 6.45) is 0.745. The van der Waals surface area contributed by atoms with E-state index < -0.39 is 17.5 Å². The third-order valence-electron chi connectivity index (χ3n) is 2.97. The molecule has 2 rings (SSSR count).